The molecule has 0 atom stereocenters. The van der Waals surface area contributed by atoms with Gasteiger partial charge in [0.05, 0.1) is 22.0 Å². The van der Waals surface area contributed by atoms with Gasteiger partial charge in [-0.3, -0.25) is 14.5 Å². The molecule has 33 heavy (non-hydrogen) atoms. The van der Waals surface area contributed by atoms with Crippen LogP contribution in [0.2, 0.25) is 10.0 Å². The molecule has 0 aliphatic rings. The summed E-state index contributed by atoms with van der Waals surface area (Å²) in [6.07, 6.45) is 2.12. The first-order valence-corrected chi connectivity index (χ1v) is 12.1. The molecule has 1 aromatic heterocycles. The van der Waals surface area contributed by atoms with E-state index in [2.05, 4.69) is 10.3 Å². The number of sulfone groups is 1. The number of carbonyl (C=O) groups excluding carboxylic acids is 2. The zero-order valence-corrected chi connectivity index (χ0v) is 19.8. The smallest absolute Gasteiger partial charge is 0.229 e. The lowest BCUT2D eigenvalue weighted by Gasteiger charge is -2.21. The van der Waals surface area contributed by atoms with Crippen LogP contribution in [0.25, 0.3) is 0 Å². The van der Waals surface area contributed by atoms with Crippen molar-refractivity contribution in [3.63, 3.8) is 0 Å². The molecule has 0 aliphatic carbocycles. The highest BCUT2D eigenvalue weighted by atomic mass is 35.5. The molecular weight excluding hydrogens is 492 g/mol. The molecule has 0 saturated carbocycles. The van der Waals surface area contributed by atoms with E-state index >= 15 is 0 Å². The number of hydrogen-bond acceptors (Lipinski definition) is 5. The molecule has 1 heterocycles. The van der Waals surface area contributed by atoms with Crippen molar-refractivity contribution in [3.05, 3.63) is 76.2 Å². The number of nitrogens with one attached hydrogen (secondary N) is 1. The van der Waals surface area contributed by atoms with Crippen LogP contribution in [0, 0.1) is 5.82 Å². The fourth-order valence-electron chi connectivity index (χ4n) is 3.09. The van der Waals surface area contributed by atoms with Crippen LogP contribution in [0.15, 0.2) is 59.6 Å². The molecule has 0 unspecified atom stereocenters. The summed E-state index contributed by atoms with van der Waals surface area (Å²) in [5.41, 5.74) is 0.661. The third kappa shape index (κ3) is 5.87. The molecule has 0 bridgehead atoms. The summed E-state index contributed by atoms with van der Waals surface area (Å²) < 4.78 is 37.6. The zero-order valence-electron chi connectivity index (χ0n) is 17.5. The van der Waals surface area contributed by atoms with Crippen molar-refractivity contribution in [1.82, 2.24) is 4.98 Å². The minimum atomic E-state index is -3.55. The normalized spacial score (nSPS) is 11.2. The van der Waals surface area contributed by atoms with E-state index in [0.29, 0.717) is 5.69 Å². The molecule has 1 N–H and O–H groups in total. The Morgan fingerprint density at radius 3 is 2.42 bits per heavy atom. The van der Waals surface area contributed by atoms with Crippen molar-refractivity contribution in [2.75, 3.05) is 16.5 Å². The number of aromatic nitrogens is 1. The average Bonchev–Trinajstić information content (AvgIpc) is 2.70. The first-order chi connectivity index (χ1) is 15.5. The second-order valence-electron chi connectivity index (χ2n) is 7.07. The first-order valence-electron chi connectivity index (χ1n) is 9.46. The van der Waals surface area contributed by atoms with E-state index in [0.717, 1.165) is 6.26 Å². The molecule has 2 aromatic carbocycles. The number of halogens is 3. The Labute approximate surface area is 200 Å². The average molecular weight is 510 g/mol. The summed E-state index contributed by atoms with van der Waals surface area (Å²) in [6, 6.07) is 11.2. The monoisotopic (exact) mass is 509 g/mol. The Hall–Kier alpha value is -3.01. The van der Waals surface area contributed by atoms with Gasteiger partial charge in [-0.15, -0.1) is 0 Å². The van der Waals surface area contributed by atoms with Crippen LogP contribution in [-0.4, -0.2) is 31.5 Å². The van der Waals surface area contributed by atoms with Gasteiger partial charge in [-0.25, -0.2) is 17.8 Å². The highest BCUT2D eigenvalue weighted by molar-refractivity contribution is 7.90. The molecule has 11 heteroatoms. The first kappa shape index (κ1) is 24.6. The van der Waals surface area contributed by atoms with E-state index in [1.807, 2.05) is 0 Å². The summed E-state index contributed by atoms with van der Waals surface area (Å²) >= 11 is 12.1. The number of nitrogens with zero attached hydrogens (tertiary/aromatic N) is 2. The number of carbonyl (C=O) groups is 2. The summed E-state index contributed by atoms with van der Waals surface area (Å²) in [6.45, 7) is 1.30. The number of hydrogen-bond donors (Lipinski definition) is 1. The second kappa shape index (κ2) is 9.86. The molecule has 0 spiro atoms. The fraction of sp³-hybridized carbons (Fsp3) is 0.136. The van der Waals surface area contributed by atoms with Crippen molar-refractivity contribution < 1.29 is 22.4 Å². The molecule has 0 radical (unpaired) electrons. The summed E-state index contributed by atoms with van der Waals surface area (Å²) in [5.74, 6) is -1.38. The summed E-state index contributed by atoms with van der Waals surface area (Å²) in [5, 5.41) is 2.71. The van der Waals surface area contributed by atoms with Gasteiger partial charge in [0.25, 0.3) is 0 Å². The highest BCUT2D eigenvalue weighted by Crippen LogP contribution is 2.31. The SMILES string of the molecule is CC(=O)N(c1ccc(S(C)(=O)=O)c(Cl)c1)c1cc(NC(=O)Cc2c(F)cccc2Cl)ccn1. The Morgan fingerprint density at radius 2 is 1.82 bits per heavy atom. The maximum absolute atomic E-state index is 14.0. The van der Waals surface area contributed by atoms with Gasteiger partial charge < -0.3 is 5.32 Å². The molecule has 7 nitrogen and oxygen atoms in total. The van der Waals surface area contributed by atoms with Gasteiger partial charge in [-0.05, 0) is 36.4 Å². The Kier molecular flexibility index (Phi) is 7.36. The highest BCUT2D eigenvalue weighted by Gasteiger charge is 2.20. The predicted molar refractivity (Wildman–Crippen MR) is 125 cm³/mol. The number of amides is 2. The van der Waals surface area contributed by atoms with Gasteiger partial charge in [0.2, 0.25) is 11.8 Å². The van der Waals surface area contributed by atoms with Crippen molar-refractivity contribution in [2.45, 2.75) is 18.2 Å². The van der Waals surface area contributed by atoms with Crippen LogP contribution in [0.4, 0.5) is 21.6 Å². The molecule has 3 aromatic rings. The van der Waals surface area contributed by atoms with Crippen LogP contribution in [0.3, 0.4) is 0 Å². The number of rotatable bonds is 6. The van der Waals surface area contributed by atoms with E-state index in [1.165, 1.54) is 66.6 Å². The lowest BCUT2D eigenvalue weighted by atomic mass is 10.1. The van der Waals surface area contributed by atoms with Crippen LogP contribution in [-0.2, 0) is 25.8 Å². The predicted octanol–water partition coefficient (Wildman–Crippen LogP) is 4.80. The zero-order chi connectivity index (χ0) is 24.3. The third-order valence-corrected chi connectivity index (χ3v) is 6.48. The topological polar surface area (TPSA) is 96.4 Å². The lowest BCUT2D eigenvalue weighted by Crippen LogP contribution is -2.24. The minimum absolute atomic E-state index is 0.0486. The van der Waals surface area contributed by atoms with Gasteiger partial charge in [-0.1, -0.05) is 29.3 Å². The van der Waals surface area contributed by atoms with E-state index in [1.54, 1.807) is 0 Å². The van der Waals surface area contributed by atoms with Crippen molar-refractivity contribution in [3.8, 4) is 0 Å². The van der Waals surface area contributed by atoms with Crippen LogP contribution in [0.5, 0.6) is 0 Å². The van der Waals surface area contributed by atoms with E-state index in [-0.39, 0.29) is 38.4 Å². The van der Waals surface area contributed by atoms with Crippen molar-refractivity contribution in [2.24, 2.45) is 0 Å². The van der Waals surface area contributed by atoms with E-state index in [9.17, 15) is 22.4 Å². The molecule has 2 amide bonds. The number of benzene rings is 2. The largest absolute Gasteiger partial charge is 0.326 e. The Morgan fingerprint density at radius 1 is 1.09 bits per heavy atom. The standard InChI is InChI=1S/C22H18Cl2FN3O4S/c1-13(29)28(15-6-7-20(18(24)11-15)33(2,31)32)21-10-14(8-9-26-21)27-22(30)12-16-17(23)4-3-5-19(16)25/h3-11H,12H2,1-2H3,(H,26,27,30). The van der Waals surface area contributed by atoms with Gasteiger partial charge >= 0.3 is 0 Å². The van der Waals surface area contributed by atoms with Gasteiger partial charge in [-0.2, -0.15) is 0 Å². The van der Waals surface area contributed by atoms with Crippen molar-refractivity contribution in [1.29, 1.82) is 0 Å². The third-order valence-electron chi connectivity index (χ3n) is 4.55. The van der Waals surface area contributed by atoms with Crippen LogP contribution < -0.4 is 10.2 Å². The molecular formula is C22H18Cl2FN3O4S. The Balaban J connectivity index is 1.88. The van der Waals surface area contributed by atoms with Crippen LogP contribution in [0.1, 0.15) is 12.5 Å². The molecule has 172 valence electrons. The summed E-state index contributed by atoms with van der Waals surface area (Å²) in [4.78, 5) is 30.1. The van der Waals surface area contributed by atoms with Crippen molar-refractivity contribution >= 4 is 62.0 Å². The minimum Gasteiger partial charge on any atom is -0.326 e. The maximum Gasteiger partial charge on any atom is 0.229 e. The van der Waals surface area contributed by atoms with Gasteiger partial charge in [0.1, 0.15) is 11.6 Å². The van der Waals surface area contributed by atoms with E-state index in [4.69, 9.17) is 23.2 Å². The van der Waals surface area contributed by atoms with Crippen LogP contribution >= 0.6 is 23.2 Å². The van der Waals surface area contributed by atoms with E-state index < -0.39 is 27.5 Å². The molecule has 0 fully saturated rings. The number of anilines is 3. The van der Waals surface area contributed by atoms with Gasteiger partial charge in [0.15, 0.2) is 9.84 Å². The second-order valence-corrected chi connectivity index (χ2v) is 9.87. The molecule has 0 saturated heterocycles. The Bertz CT molecular complexity index is 1330. The fourth-order valence-corrected chi connectivity index (χ4v) is 4.64. The lowest BCUT2D eigenvalue weighted by molar-refractivity contribution is -0.116. The maximum atomic E-state index is 14.0. The molecule has 0 aliphatic heterocycles. The molecule has 3 rings (SSSR count). The number of pyridine rings is 1. The van der Waals surface area contributed by atoms with Gasteiger partial charge in [0, 0.05) is 41.7 Å². The summed E-state index contributed by atoms with van der Waals surface area (Å²) in [7, 11) is -3.55. The quantitative estimate of drug-likeness (QED) is 0.514.